The molecule has 0 aliphatic carbocycles. The molecule has 2 aliphatic heterocycles. The number of carboxylic acid groups (broad SMARTS) is 1. The predicted molar refractivity (Wildman–Crippen MR) is 106 cm³/mol. The van der Waals surface area contributed by atoms with E-state index in [1.807, 2.05) is 0 Å². The molecule has 0 unspecified atom stereocenters. The maximum Gasteiger partial charge on any atom is 0.326 e. The fourth-order valence-electron chi connectivity index (χ4n) is 3.82. The molecule has 29 heavy (non-hydrogen) atoms. The molecule has 10 heteroatoms. The number of carboxylic acids is 1. The second kappa shape index (κ2) is 11.1. The van der Waals surface area contributed by atoms with Gasteiger partial charge in [0.2, 0.25) is 17.7 Å². The highest BCUT2D eigenvalue weighted by Gasteiger charge is 2.38. The topological polar surface area (TPSA) is 154 Å². The van der Waals surface area contributed by atoms with Crippen molar-refractivity contribution in [3.05, 3.63) is 0 Å². The Morgan fingerprint density at radius 1 is 1.17 bits per heavy atom. The molecule has 2 rings (SSSR count). The van der Waals surface area contributed by atoms with Crippen molar-refractivity contribution in [2.75, 3.05) is 19.6 Å². The molecule has 2 aliphatic rings. The van der Waals surface area contributed by atoms with E-state index in [2.05, 4.69) is 16.0 Å². The highest BCUT2D eigenvalue weighted by molar-refractivity contribution is 5.94. The first-order chi connectivity index (χ1) is 13.8. The largest absolute Gasteiger partial charge is 0.480 e. The minimum atomic E-state index is -1.03. The van der Waals surface area contributed by atoms with E-state index < -0.39 is 35.9 Å². The zero-order chi connectivity index (χ0) is 21.4. The first-order valence-corrected chi connectivity index (χ1v) is 10.4. The minimum absolute atomic E-state index is 0.235. The number of nitrogens with zero attached hydrogens (tertiary/aromatic N) is 1. The van der Waals surface area contributed by atoms with E-state index in [9.17, 15) is 24.3 Å². The molecule has 0 aromatic rings. The van der Waals surface area contributed by atoms with Gasteiger partial charge in [-0.15, -0.1) is 0 Å². The van der Waals surface area contributed by atoms with Crippen LogP contribution in [0.1, 0.15) is 51.9 Å². The van der Waals surface area contributed by atoms with E-state index in [0.29, 0.717) is 45.2 Å². The molecule has 164 valence electrons. The first kappa shape index (κ1) is 23.1. The van der Waals surface area contributed by atoms with Crippen molar-refractivity contribution < 1.29 is 24.3 Å². The third-order valence-corrected chi connectivity index (χ3v) is 5.51. The van der Waals surface area contributed by atoms with E-state index in [-0.39, 0.29) is 11.9 Å². The van der Waals surface area contributed by atoms with Crippen molar-refractivity contribution in [2.45, 2.75) is 76.0 Å². The van der Waals surface area contributed by atoms with Crippen LogP contribution in [-0.2, 0) is 19.2 Å². The maximum atomic E-state index is 13.0. The van der Waals surface area contributed by atoms with Gasteiger partial charge in [-0.25, -0.2) is 4.79 Å². The summed E-state index contributed by atoms with van der Waals surface area (Å²) in [6, 6.07) is -2.79. The highest BCUT2D eigenvalue weighted by Crippen LogP contribution is 2.20. The fourth-order valence-corrected chi connectivity index (χ4v) is 3.82. The third-order valence-electron chi connectivity index (χ3n) is 5.51. The summed E-state index contributed by atoms with van der Waals surface area (Å²) >= 11 is 0. The van der Waals surface area contributed by atoms with Gasteiger partial charge in [-0.2, -0.15) is 0 Å². The van der Waals surface area contributed by atoms with Gasteiger partial charge < -0.3 is 31.7 Å². The number of nitrogens with two attached hydrogens (primary N) is 1. The summed E-state index contributed by atoms with van der Waals surface area (Å²) in [7, 11) is 0. The molecule has 0 aromatic carbocycles. The molecular formula is C19H33N5O5. The number of hydrogen-bond acceptors (Lipinski definition) is 6. The second-order valence-corrected chi connectivity index (χ2v) is 7.75. The molecule has 4 atom stereocenters. The third kappa shape index (κ3) is 6.40. The van der Waals surface area contributed by atoms with Gasteiger partial charge in [0.05, 0.1) is 6.04 Å². The highest BCUT2D eigenvalue weighted by atomic mass is 16.4. The molecule has 0 saturated carbocycles. The normalized spacial score (nSPS) is 23.4. The molecule has 3 amide bonds. The lowest BCUT2D eigenvalue weighted by atomic mass is 10.1. The summed E-state index contributed by atoms with van der Waals surface area (Å²) in [6.07, 6.45) is 4.36. The standard InChI is InChI=1S/C19H33N5O5/c1-12(22-17(26)13-7-4-10-21-13)16(25)23-14(6-2-3-9-20)18(27)24-11-5-8-15(24)19(28)29/h12-15,21H,2-11,20H2,1H3,(H,22,26)(H,23,25)(H,28,29)/t12-,13-,14-,15-/m0/s1. The Labute approximate surface area is 170 Å². The predicted octanol–water partition coefficient (Wildman–Crippen LogP) is -1.07. The number of unbranched alkanes of at least 4 members (excludes halogenated alkanes) is 1. The molecule has 10 nitrogen and oxygen atoms in total. The van der Waals surface area contributed by atoms with Crippen LogP contribution in [0, 0.1) is 0 Å². The maximum absolute atomic E-state index is 13.0. The monoisotopic (exact) mass is 411 g/mol. The summed E-state index contributed by atoms with van der Waals surface area (Å²) in [4.78, 5) is 50.5. The smallest absolute Gasteiger partial charge is 0.326 e. The molecule has 2 saturated heterocycles. The second-order valence-electron chi connectivity index (χ2n) is 7.75. The number of aliphatic carboxylic acids is 1. The van der Waals surface area contributed by atoms with Crippen molar-refractivity contribution in [2.24, 2.45) is 5.73 Å². The van der Waals surface area contributed by atoms with Crippen LogP contribution in [0.3, 0.4) is 0 Å². The average molecular weight is 412 g/mol. The van der Waals surface area contributed by atoms with Crippen LogP contribution in [-0.4, -0.2) is 77.5 Å². The van der Waals surface area contributed by atoms with Crippen LogP contribution in [0.25, 0.3) is 0 Å². The van der Waals surface area contributed by atoms with Crippen LogP contribution in [0.5, 0.6) is 0 Å². The Kier molecular flexibility index (Phi) is 8.84. The number of carbonyl (C=O) groups is 4. The van der Waals surface area contributed by atoms with Crippen LogP contribution in [0.15, 0.2) is 0 Å². The first-order valence-electron chi connectivity index (χ1n) is 10.4. The Morgan fingerprint density at radius 3 is 2.55 bits per heavy atom. The number of amides is 3. The molecule has 0 aromatic heterocycles. The van der Waals surface area contributed by atoms with E-state index in [1.165, 1.54) is 4.90 Å². The molecule has 6 N–H and O–H groups in total. The molecular weight excluding hydrogens is 378 g/mol. The summed E-state index contributed by atoms with van der Waals surface area (Å²) in [5, 5.41) is 17.8. The lowest BCUT2D eigenvalue weighted by Gasteiger charge is -2.28. The lowest BCUT2D eigenvalue weighted by molar-refractivity contribution is -0.149. The van der Waals surface area contributed by atoms with E-state index in [1.54, 1.807) is 6.92 Å². The number of likely N-dealkylation sites (tertiary alicyclic amines) is 1. The van der Waals surface area contributed by atoms with Crippen LogP contribution in [0.4, 0.5) is 0 Å². The number of nitrogens with one attached hydrogen (secondary N) is 3. The van der Waals surface area contributed by atoms with E-state index >= 15 is 0 Å². The van der Waals surface area contributed by atoms with Crippen molar-refractivity contribution >= 4 is 23.7 Å². The van der Waals surface area contributed by atoms with Crippen LogP contribution >= 0.6 is 0 Å². The number of hydrogen-bond donors (Lipinski definition) is 5. The summed E-state index contributed by atoms with van der Waals surface area (Å²) in [5.74, 6) is -2.13. The summed E-state index contributed by atoms with van der Waals surface area (Å²) in [6.45, 7) is 3.17. The summed E-state index contributed by atoms with van der Waals surface area (Å²) in [5.41, 5.74) is 5.52. The molecule has 0 radical (unpaired) electrons. The lowest BCUT2D eigenvalue weighted by Crippen LogP contribution is -2.56. The van der Waals surface area contributed by atoms with Gasteiger partial charge >= 0.3 is 5.97 Å². The van der Waals surface area contributed by atoms with Gasteiger partial charge in [0, 0.05) is 6.54 Å². The Hall–Kier alpha value is -2.20. The zero-order valence-corrected chi connectivity index (χ0v) is 17.0. The van der Waals surface area contributed by atoms with E-state index in [4.69, 9.17) is 5.73 Å². The van der Waals surface area contributed by atoms with Crippen LogP contribution < -0.4 is 21.7 Å². The molecule has 0 spiro atoms. The molecule has 2 heterocycles. The Balaban J connectivity index is 1.98. The van der Waals surface area contributed by atoms with Gasteiger partial charge in [-0.05, 0) is 65.0 Å². The van der Waals surface area contributed by atoms with Gasteiger partial charge in [-0.1, -0.05) is 0 Å². The minimum Gasteiger partial charge on any atom is -0.480 e. The van der Waals surface area contributed by atoms with Gasteiger partial charge in [0.25, 0.3) is 0 Å². The van der Waals surface area contributed by atoms with E-state index in [0.717, 1.165) is 19.4 Å². The molecule has 2 fully saturated rings. The zero-order valence-electron chi connectivity index (χ0n) is 17.0. The van der Waals surface area contributed by atoms with Crippen molar-refractivity contribution in [3.63, 3.8) is 0 Å². The van der Waals surface area contributed by atoms with Gasteiger partial charge in [-0.3, -0.25) is 14.4 Å². The SMILES string of the molecule is C[C@H](NC(=O)[C@@H]1CCCN1)C(=O)N[C@@H](CCCCN)C(=O)N1CCC[C@H]1C(=O)O. The Morgan fingerprint density at radius 2 is 1.93 bits per heavy atom. The van der Waals surface area contributed by atoms with Crippen molar-refractivity contribution in [1.82, 2.24) is 20.9 Å². The van der Waals surface area contributed by atoms with Gasteiger partial charge in [0.1, 0.15) is 18.1 Å². The molecule has 0 bridgehead atoms. The summed E-state index contributed by atoms with van der Waals surface area (Å²) < 4.78 is 0. The Bertz CT molecular complexity index is 608. The quantitative estimate of drug-likeness (QED) is 0.287. The van der Waals surface area contributed by atoms with Crippen molar-refractivity contribution in [1.29, 1.82) is 0 Å². The van der Waals surface area contributed by atoms with Crippen LogP contribution in [0.2, 0.25) is 0 Å². The van der Waals surface area contributed by atoms with Gasteiger partial charge in [0.15, 0.2) is 0 Å². The van der Waals surface area contributed by atoms with Crippen molar-refractivity contribution in [3.8, 4) is 0 Å². The fraction of sp³-hybridized carbons (Fsp3) is 0.789. The number of rotatable bonds is 10. The number of carbonyl (C=O) groups excluding carboxylic acids is 3. The average Bonchev–Trinajstić information content (AvgIpc) is 3.38.